The monoisotopic (exact) mass is 513 g/mol. The van der Waals surface area contributed by atoms with Gasteiger partial charge in [0.15, 0.2) is 5.78 Å². The first kappa shape index (κ1) is 27.8. The van der Waals surface area contributed by atoms with E-state index < -0.39 is 43.0 Å². The van der Waals surface area contributed by atoms with Gasteiger partial charge in [0.2, 0.25) is 5.91 Å². The quantitative estimate of drug-likeness (QED) is 0.385. The Bertz CT molecular complexity index is 1130. The van der Waals surface area contributed by atoms with E-state index in [0.29, 0.717) is 11.1 Å². The third kappa shape index (κ3) is 7.78. The molecule has 1 saturated heterocycles. The van der Waals surface area contributed by atoms with Gasteiger partial charge in [0.1, 0.15) is 11.8 Å². The Hall–Kier alpha value is -3.46. The molecule has 35 heavy (non-hydrogen) atoms. The van der Waals surface area contributed by atoms with E-state index in [1.165, 1.54) is 36.7 Å². The van der Waals surface area contributed by atoms with E-state index in [0.717, 1.165) is 17.0 Å². The average Bonchev–Trinajstić information content (AvgIpc) is 3.10. The molecule has 1 amide bonds. The fraction of sp³-hybridized carbons (Fsp3) is 0.304. The summed E-state index contributed by atoms with van der Waals surface area (Å²) in [4.78, 5) is 29.8. The summed E-state index contributed by atoms with van der Waals surface area (Å²) < 4.78 is 67.7. The highest BCUT2D eigenvalue weighted by Gasteiger charge is 2.47. The summed E-state index contributed by atoms with van der Waals surface area (Å²) in [5, 5.41) is 9.01. The second kappa shape index (κ2) is 11.3. The largest absolute Gasteiger partial charge is 0.573 e. The third-order valence-corrected chi connectivity index (χ3v) is 5.03. The Labute approximate surface area is 204 Å². The number of pyridine rings is 1. The van der Waals surface area contributed by atoms with E-state index in [-0.39, 0.29) is 37.7 Å². The number of amides is 1. The zero-order valence-corrected chi connectivity index (χ0v) is 19.1. The molecule has 1 aromatic carbocycles. The predicted molar refractivity (Wildman–Crippen MR) is 121 cm³/mol. The maximum Gasteiger partial charge on any atom is 0.573 e. The van der Waals surface area contributed by atoms with Crippen LogP contribution in [0.1, 0.15) is 40.7 Å². The SMILES string of the molecule is N#C[C@@H]1CC(F)(F)CN1C(=O)CCC(=O)c1ccncc1/C=C/c1ccc(OC(F)(F)F)cc1.S. The zero-order valence-electron chi connectivity index (χ0n) is 18.1. The fourth-order valence-corrected chi connectivity index (χ4v) is 3.45. The third-order valence-electron chi connectivity index (χ3n) is 5.03. The molecule has 1 aliphatic rings. The van der Waals surface area contributed by atoms with Gasteiger partial charge in [-0.3, -0.25) is 14.6 Å². The molecule has 0 radical (unpaired) electrons. The molecule has 0 N–H and O–H groups in total. The molecular weight excluding hydrogens is 493 g/mol. The van der Waals surface area contributed by atoms with Crippen LogP contribution >= 0.6 is 13.5 Å². The number of hydrogen-bond acceptors (Lipinski definition) is 5. The number of nitrogens with zero attached hydrogens (tertiary/aromatic N) is 3. The van der Waals surface area contributed by atoms with Crippen LogP contribution in [0.15, 0.2) is 42.7 Å². The minimum atomic E-state index is -4.80. The first-order valence-electron chi connectivity index (χ1n) is 10.1. The minimum absolute atomic E-state index is 0. The molecular formula is C23H20F5N3O3S. The van der Waals surface area contributed by atoms with Gasteiger partial charge in [0.05, 0.1) is 12.6 Å². The second-order valence-corrected chi connectivity index (χ2v) is 7.56. The molecule has 2 heterocycles. The van der Waals surface area contributed by atoms with Crippen molar-refractivity contribution in [3.8, 4) is 11.8 Å². The van der Waals surface area contributed by atoms with Gasteiger partial charge in [-0.1, -0.05) is 24.3 Å². The summed E-state index contributed by atoms with van der Waals surface area (Å²) in [6.45, 7) is -0.853. The molecule has 12 heteroatoms. The van der Waals surface area contributed by atoms with Crippen LogP contribution in [0.5, 0.6) is 5.75 Å². The van der Waals surface area contributed by atoms with E-state index in [1.54, 1.807) is 12.1 Å². The average molecular weight is 513 g/mol. The molecule has 0 bridgehead atoms. The first-order chi connectivity index (χ1) is 16.0. The van der Waals surface area contributed by atoms with Crippen LogP contribution in [-0.4, -0.2) is 46.4 Å². The van der Waals surface area contributed by atoms with Crippen LogP contribution in [0, 0.1) is 11.3 Å². The summed E-state index contributed by atoms with van der Waals surface area (Å²) in [5.41, 5.74) is 1.17. The van der Waals surface area contributed by atoms with Crippen molar-refractivity contribution in [2.45, 2.75) is 37.6 Å². The van der Waals surface area contributed by atoms with Crippen LogP contribution in [0.4, 0.5) is 22.0 Å². The molecule has 0 spiro atoms. The predicted octanol–water partition coefficient (Wildman–Crippen LogP) is 4.99. The number of likely N-dealkylation sites (tertiary alicyclic amines) is 1. The summed E-state index contributed by atoms with van der Waals surface area (Å²) in [6.07, 6.45) is -0.246. The van der Waals surface area contributed by atoms with Crippen molar-refractivity contribution in [2.24, 2.45) is 0 Å². The van der Waals surface area contributed by atoms with E-state index in [4.69, 9.17) is 5.26 Å². The van der Waals surface area contributed by atoms with E-state index in [2.05, 4.69) is 9.72 Å². The highest BCUT2D eigenvalue weighted by molar-refractivity contribution is 7.59. The maximum atomic E-state index is 13.5. The zero-order chi connectivity index (χ0) is 24.9. The Morgan fingerprint density at radius 1 is 1.17 bits per heavy atom. The summed E-state index contributed by atoms with van der Waals surface area (Å²) >= 11 is 0. The molecule has 0 unspecified atom stereocenters. The number of carbonyl (C=O) groups excluding carboxylic acids is 2. The lowest BCUT2D eigenvalue weighted by molar-refractivity contribution is -0.274. The van der Waals surface area contributed by atoms with Gasteiger partial charge in [-0.15, -0.1) is 13.2 Å². The van der Waals surface area contributed by atoms with E-state index in [9.17, 15) is 31.5 Å². The minimum Gasteiger partial charge on any atom is -0.406 e. The Morgan fingerprint density at radius 2 is 1.86 bits per heavy atom. The number of benzene rings is 1. The Morgan fingerprint density at radius 3 is 2.49 bits per heavy atom. The van der Waals surface area contributed by atoms with E-state index in [1.807, 2.05) is 0 Å². The van der Waals surface area contributed by atoms with Gasteiger partial charge in [-0.05, 0) is 23.8 Å². The molecule has 1 atom stereocenters. The van der Waals surface area contributed by atoms with Crippen LogP contribution in [-0.2, 0) is 4.79 Å². The lowest BCUT2D eigenvalue weighted by atomic mass is 10.0. The van der Waals surface area contributed by atoms with Gasteiger partial charge in [0, 0.05) is 42.8 Å². The molecule has 1 fully saturated rings. The maximum absolute atomic E-state index is 13.5. The van der Waals surface area contributed by atoms with Crippen molar-refractivity contribution in [1.29, 1.82) is 5.26 Å². The summed E-state index contributed by atoms with van der Waals surface area (Å²) in [5.74, 6) is -4.64. The Kier molecular flexibility index (Phi) is 8.98. The van der Waals surface area contributed by atoms with Crippen molar-refractivity contribution in [2.75, 3.05) is 6.54 Å². The lowest BCUT2D eigenvalue weighted by Gasteiger charge is -2.18. The first-order valence-corrected chi connectivity index (χ1v) is 10.1. The van der Waals surface area contributed by atoms with Crippen LogP contribution in [0.3, 0.4) is 0 Å². The molecule has 186 valence electrons. The normalized spacial score (nSPS) is 17.0. The summed E-state index contributed by atoms with van der Waals surface area (Å²) in [6, 6.07) is 6.97. The van der Waals surface area contributed by atoms with Gasteiger partial charge in [-0.2, -0.15) is 18.8 Å². The molecule has 1 aliphatic heterocycles. The van der Waals surface area contributed by atoms with Crippen molar-refractivity contribution in [1.82, 2.24) is 9.88 Å². The topological polar surface area (TPSA) is 83.3 Å². The number of alkyl halides is 5. The van der Waals surface area contributed by atoms with Crippen LogP contribution < -0.4 is 4.74 Å². The van der Waals surface area contributed by atoms with Crippen molar-refractivity contribution in [3.63, 3.8) is 0 Å². The molecule has 2 aromatic rings. The molecule has 6 nitrogen and oxygen atoms in total. The van der Waals surface area contributed by atoms with Crippen LogP contribution in [0.25, 0.3) is 12.2 Å². The molecule has 0 saturated carbocycles. The van der Waals surface area contributed by atoms with Crippen molar-refractivity contribution < 1.29 is 36.3 Å². The highest BCUT2D eigenvalue weighted by atomic mass is 32.1. The Balaban J connectivity index is 0.00000432. The lowest BCUT2D eigenvalue weighted by Crippen LogP contribution is -2.36. The van der Waals surface area contributed by atoms with Gasteiger partial charge in [0.25, 0.3) is 5.92 Å². The van der Waals surface area contributed by atoms with E-state index >= 15 is 0 Å². The van der Waals surface area contributed by atoms with Crippen molar-refractivity contribution >= 4 is 37.3 Å². The number of hydrogen-bond donors (Lipinski definition) is 0. The van der Waals surface area contributed by atoms with Gasteiger partial charge < -0.3 is 9.64 Å². The molecule has 3 rings (SSSR count). The number of Topliss-reactive ketones (excluding diaryl/α,β-unsaturated/α-hetero) is 1. The number of ether oxygens (including phenoxy) is 1. The standard InChI is InChI=1S/C23H18F5N3O3.H2S/c24-22(25)11-17(12-29)31(14-22)21(33)8-7-20(32)19-9-10-30-13-16(19)4-1-15-2-5-18(6-3-15)34-23(26,27)28;/h1-6,9-10,13,17H,7-8,11,14H2;1H2/b4-1+;/t17-;/m0./s1. The number of nitriles is 1. The number of ketones is 1. The van der Waals surface area contributed by atoms with Crippen molar-refractivity contribution in [3.05, 3.63) is 59.4 Å². The highest BCUT2D eigenvalue weighted by Crippen LogP contribution is 2.32. The number of halogens is 5. The smallest absolute Gasteiger partial charge is 0.406 e. The van der Waals surface area contributed by atoms with Crippen LogP contribution in [0.2, 0.25) is 0 Å². The summed E-state index contributed by atoms with van der Waals surface area (Å²) in [7, 11) is 0. The number of carbonyl (C=O) groups is 2. The molecule has 1 aromatic heterocycles. The fourth-order valence-electron chi connectivity index (χ4n) is 3.45. The second-order valence-electron chi connectivity index (χ2n) is 7.56. The van der Waals surface area contributed by atoms with Gasteiger partial charge in [-0.25, -0.2) is 8.78 Å². The number of rotatable bonds is 7. The molecule has 0 aliphatic carbocycles. The number of aromatic nitrogens is 1. The van der Waals surface area contributed by atoms with Gasteiger partial charge >= 0.3 is 6.36 Å².